The number of hydrogen-bond acceptors (Lipinski definition) is 4. The Balaban J connectivity index is 1.31. The maximum Gasteiger partial charge on any atom is 0.303 e. The first-order valence-electron chi connectivity index (χ1n) is 17.4. The standard InChI is InChI=1S/C35H60N2O4/c1-24(38)40-32-21-26-13-14-27-28(35(26,4)23-31(32)37(6)19-11-8-12-20-37)15-16-34(3)29(27)22-30(33(34)41-25(2)39)36(5)17-9-7-10-18-36/h26-33H,7-23H2,1-6H3/q+2/t26-,27+,28-,29-,30+,31+,32-,33+,34-,35-/m0/s1. The average molecular weight is 573 g/mol. The number of carbonyl (C=O) groups is 2. The number of likely N-dealkylation sites (N-methyl/N-ethyl adjacent to an activating group) is 2. The smallest absolute Gasteiger partial charge is 0.303 e. The zero-order chi connectivity index (χ0) is 29.2. The molecule has 0 N–H and O–H groups in total. The minimum Gasteiger partial charge on any atom is -0.456 e. The van der Waals surface area contributed by atoms with Gasteiger partial charge in [-0.15, -0.1) is 0 Å². The second-order valence-electron chi connectivity index (χ2n) is 16.7. The third kappa shape index (κ3) is 4.99. The van der Waals surface area contributed by atoms with E-state index in [1.54, 1.807) is 13.8 Å². The molecule has 6 heteroatoms. The number of piperidine rings is 2. The molecule has 0 aromatic carbocycles. The molecule has 0 spiro atoms. The largest absolute Gasteiger partial charge is 0.456 e. The lowest BCUT2D eigenvalue weighted by molar-refractivity contribution is -0.943. The van der Waals surface area contributed by atoms with Crippen molar-refractivity contribution in [1.82, 2.24) is 0 Å². The van der Waals surface area contributed by atoms with Crippen molar-refractivity contribution in [2.24, 2.45) is 34.5 Å². The first-order valence-corrected chi connectivity index (χ1v) is 17.4. The molecule has 10 atom stereocenters. The van der Waals surface area contributed by atoms with Crippen molar-refractivity contribution < 1.29 is 28.0 Å². The quantitative estimate of drug-likeness (QED) is 0.301. The highest BCUT2D eigenvalue weighted by molar-refractivity contribution is 5.66. The number of ether oxygens (including phenoxy) is 2. The summed E-state index contributed by atoms with van der Waals surface area (Å²) in [4.78, 5) is 24.8. The molecular formula is C35H60N2O4+2. The van der Waals surface area contributed by atoms with Crippen molar-refractivity contribution in [3.05, 3.63) is 0 Å². The van der Waals surface area contributed by atoms with Gasteiger partial charge in [-0.1, -0.05) is 13.8 Å². The number of rotatable bonds is 4. The van der Waals surface area contributed by atoms with E-state index in [-0.39, 0.29) is 29.6 Å². The van der Waals surface area contributed by atoms with Crippen LogP contribution < -0.4 is 0 Å². The van der Waals surface area contributed by atoms with Crippen LogP contribution in [0.3, 0.4) is 0 Å². The van der Waals surface area contributed by atoms with Crippen molar-refractivity contribution in [2.45, 2.75) is 135 Å². The lowest BCUT2D eigenvalue weighted by atomic mass is 9.44. The Kier molecular flexibility index (Phi) is 7.87. The molecule has 0 amide bonds. The SMILES string of the molecule is CC(=O)O[C@H]1C[C@@H]2CC[C@@H]3[C@H](CC[C@]4(C)[C@H](OC(C)=O)[C@H]([N+]5(C)CCCCC5)C[C@@H]34)[C@@]2(C)C[C@H]1[N+]1(C)CCCCC1. The monoisotopic (exact) mass is 572 g/mol. The van der Waals surface area contributed by atoms with E-state index in [0.717, 1.165) is 21.3 Å². The van der Waals surface area contributed by atoms with Crippen molar-refractivity contribution in [1.29, 1.82) is 0 Å². The minimum atomic E-state index is -0.0998. The third-order valence-electron chi connectivity index (χ3n) is 14.5. The highest BCUT2D eigenvalue weighted by Gasteiger charge is 2.68. The summed E-state index contributed by atoms with van der Waals surface area (Å²) in [7, 11) is 4.94. The summed E-state index contributed by atoms with van der Waals surface area (Å²) in [5.41, 5.74) is 0.377. The van der Waals surface area contributed by atoms with Gasteiger partial charge in [0.25, 0.3) is 0 Å². The second-order valence-corrected chi connectivity index (χ2v) is 16.7. The van der Waals surface area contributed by atoms with Gasteiger partial charge in [-0.25, -0.2) is 0 Å². The van der Waals surface area contributed by atoms with E-state index in [4.69, 9.17) is 9.47 Å². The van der Waals surface area contributed by atoms with Crippen LogP contribution in [0.1, 0.15) is 111 Å². The third-order valence-corrected chi connectivity index (χ3v) is 14.5. The Hall–Kier alpha value is -1.14. The molecule has 6 aliphatic rings. The Bertz CT molecular complexity index is 1000. The molecular weight excluding hydrogens is 512 g/mol. The molecule has 0 aromatic rings. The summed E-state index contributed by atoms with van der Waals surface area (Å²) in [5, 5.41) is 0. The Morgan fingerprint density at radius 2 is 1.27 bits per heavy atom. The van der Waals surface area contributed by atoms with Gasteiger partial charge in [-0.2, -0.15) is 0 Å². The Morgan fingerprint density at radius 3 is 1.85 bits per heavy atom. The van der Waals surface area contributed by atoms with Gasteiger partial charge in [0.2, 0.25) is 0 Å². The van der Waals surface area contributed by atoms with Crippen LogP contribution in [0.15, 0.2) is 0 Å². The van der Waals surface area contributed by atoms with Gasteiger partial charge in [-0.05, 0) is 99.7 Å². The fourth-order valence-electron chi connectivity index (χ4n) is 12.3. The Morgan fingerprint density at radius 1 is 0.683 bits per heavy atom. The van der Waals surface area contributed by atoms with Crippen LogP contribution in [0.2, 0.25) is 0 Å². The van der Waals surface area contributed by atoms with Gasteiger partial charge in [0.15, 0.2) is 12.2 Å². The second kappa shape index (κ2) is 10.8. The maximum atomic E-state index is 12.5. The lowest BCUT2D eigenvalue weighted by Gasteiger charge is -2.63. The summed E-state index contributed by atoms with van der Waals surface area (Å²) in [6.07, 6.45) is 16.4. The Labute approximate surface area is 250 Å². The number of fused-ring (bicyclic) bond motifs is 5. The van der Waals surface area contributed by atoms with Crippen LogP contribution in [0, 0.1) is 34.5 Å². The van der Waals surface area contributed by atoms with Gasteiger partial charge in [0, 0.05) is 32.1 Å². The fourth-order valence-corrected chi connectivity index (χ4v) is 12.3. The van der Waals surface area contributed by atoms with Crippen molar-refractivity contribution >= 4 is 11.9 Å². The number of carbonyl (C=O) groups excluding carboxylic acids is 2. The number of nitrogens with zero attached hydrogens (tertiary/aromatic N) is 2. The molecule has 6 fully saturated rings. The maximum absolute atomic E-state index is 12.5. The molecule has 41 heavy (non-hydrogen) atoms. The number of likely N-dealkylation sites (tertiary alicyclic amines) is 2. The molecule has 232 valence electrons. The summed E-state index contributed by atoms with van der Waals surface area (Å²) in [6.45, 7) is 13.3. The fraction of sp³-hybridized carbons (Fsp3) is 0.943. The van der Waals surface area contributed by atoms with Crippen LogP contribution >= 0.6 is 0 Å². The van der Waals surface area contributed by atoms with Gasteiger partial charge < -0.3 is 18.4 Å². The summed E-state index contributed by atoms with van der Waals surface area (Å²) < 4.78 is 14.7. The molecule has 0 radical (unpaired) electrons. The van der Waals surface area contributed by atoms with Crippen LogP contribution in [-0.2, 0) is 19.1 Å². The minimum absolute atomic E-state index is 0.0462. The zero-order valence-corrected chi connectivity index (χ0v) is 27.2. The van der Waals surface area contributed by atoms with Gasteiger partial charge in [0.05, 0.1) is 40.3 Å². The predicted molar refractivity (Wildman–Crippen MR) is 161 cm³/mol. The zero-order valence-electron chi connectivity index (χ0n) is 27.2. The number of quaternary nitrogens is 2. The van der Waals surface area contributed by atoms with Crippen molar-refractivity contribution in [2.75, 3.05) is 40.3 Å². The highest BCUT2D eigenvalue weighted by Crippen LogP contribution is 2.68. The molecule has 2 aliphatic heterocycles. The van der Waals surface area contributed by atoms with Gasteiger partial charge in [-0.3, -0.25) is 9.59 Å². The van der Waals surface area contributed by atoms with Gasteiger partial charge >= 0.3 is 11.9 Å². The van der Waals surface area contributed by atoms with Crippen molar-refractivity contribution in [3.63, 3.8) is 0 Å². The van der Waals surface area contributed by atoms with E-state index in [9.17, 15) is 9.59 Å². The summed E-state index contributed by atoms with van der Waals surface area (Å²) >= 11 is 0. The summed E-state index contributed by atoms with van der Waals surface area (Å²) in [6, 6.07) is 0.846. The molecule has 4 saturated carbocycles. The van der Waals surface area contributed by atoms with Crippen LogP contribution in [0.5, 0.6) is 0 Å². The first-order chi connectivity index (χ1) is 19.4. The predicted octanol–water partition coefficient (Wildman–Crippen LogP) is 6.11. The number of hydrogen-bond donors (Lipinski definition) is 0. The van der Waals surface area contributed by atoms with Crippen LogP contribution in [0.4, 0.5) is 0 Å². The van der Waals surface area contributed by atoms with Crippen molar-refractivity contribution in [3.8, 4) is 0 Å². The summed E-state index contributed by atoms with van der Waals surface area (Å²) in [5.74, 6) is 2.52. The average Bonchev–Trinajstić information content (AvgIpc) is 3.21. The molecule has 4 aliphatic carbocycles. The molecule has 2 heterocycles. The van der Waals surface area contributed by atoms with Crippen LogP contribution in [-0.4, -0.2) is 85.5 Å². The normalized spacial score (nSPS) is 46.9. The van der Waals surface area contributed by atoms with E-state index in [2.05, 4.69) is 27.9 Å². The molecule has 0 bridgehead atoms. The molecule has 2 saturated heterocycles. The van der Waals surface area contributed by atoms with E-state index in [0.29, 0.717) is 35.3 Å². The van der Waals surface area contributed by atoms with E-state index < -0.39 is 0 Å². The topological polar surface area (TPSA) is 52.6 Å². The molecule has 6 nitrogen and oxygen atoms in total. The number of esters is 2. The van der Waals surface area contributed by atoms with Crippen LogP contribution in [0.25, 0.3) is 0 Å². The van der Waals surface area contributed by atoms with E-state index in [1.165, 1.54) is 103 Å². The first kappa shape index (κ1) is 29.9. The molecule has 6 rings (SSSR count). The van der Waals surface area contributed by atoms with E-state index >= 15 is 0 Å². The molecule has 0 aromatic heterocycles. The lowest BCUT2D eigenvalue weighted by Crippen LogP contribution is -2.66. The highest BCUT2D eigenvalue weighted by atomic mass is 16.5. The van der Waals surface area contributed by atoms with Gasteiger partial charge in [0.1, 0.15) is 12.1 Å². The van der Waals surface area contributed by atoms with E-state index in [1.807, 2.05) is 0 Å². The molecule has 0 unspecified atom stereocenters.